The zero-order chi connectivity index (χ0) is 18.7. The van der Waals surface area contributed by atoms with Gasteiger partial charge in [0.15, 0.2) is 0 Å². The fourth-order valence-corrected chi connectivity index (χ4v) is 3.52. The van der Waals surface area contributed by atoms with E-state index in [1.54, 1.807) is 0 Å². The number of esters is 2. The van der Waals surface area contributed by atoms with Gasteiger partial charge in [-0.25, -0.2) is 9.59 Å². The molecule has 25 heavy (non-hydrogen) atoms. The van der Waals surface area contributed by atoms with Crippen molar-refractivity contribution in [1.29, 1.82) is 0 Å². The van der Waals surface area contributed by atoms with Crippen LogP contribution in [0.5, 0.6) is 0 Å². The molecule has 0 aromatic carbocycles. The molecule has 1 saturated heterocycles. The molecule has 0 spiro atoms. The van der Waals surface area contributed by atoms with Crippen molar-refractivity contribution >= 4 is 18.2 Å². The third-order valence-corrected chi connectivity index (χ3v) is 4.80. The average Bonchev–Trinajstić information content (AvgIpc) is 2.86. The third-order valence-electron chi connectivity index (χ3n) is 4.80. The summed E-state index contributed by atoms with van der Waals surface area (Å²) in [6, 6.07) is 0. The molecule has 1 heterocycles. The molecule has 136 valence electrons. The van der Waals surface area contributed by atoms with E-state index in [0.717, 1.165) is 6.29 Å². The molecule has 1 N–H and O–H groups in total. The minimum Gasteiger partial charge on any atom is -0.458 e. The first-order valence-corrected chi connectivity index (χ1v) is 8.37. The Morgan fingerprint density at radius 3 is 2.76 bits per heavy atom. The summed E-state index contributed by atoms with van der Waals surface area (Å²) in [5.74, 6) is -1.72. The minimum atomic E-state index is -0.796. The second kappa shape index (κ2) is 7.78. The second-order valence-electron chi connectivity index (χ2n) is 6.67. The van der Waals surface area contributed by atoms with Crippen LogP contribution < -0.4 is 0 Å². The van der Waals surface area contributed by atoms with Gasteiger partial charge >= 0.3 is 11.9 Å². The van der Waals surface area contributed by atoms with Crippen LogP contribution in [0.2, 0.25) is 0 Å². The van der Waals surface area contributed by atoms with Gasteiger partial charge in [0.05, 0.1) is 5.92 Å². The van der Waals surface area contributed by atoms with Crippen LogP contribution in [0, 0.1) is 11.8 Å². The average molecular weight is 348 g/mol. The van der Waals surface area contributed by atoms with Crippen LogP contribution in [0.4, 0.5) is 0 Å². The lowest BCUT2D eigenvalue weighted by Crippen LogP contribution is -2.41. The van der Waals surface area contributed by atoms with E-state index in [0.29, 0.717) is 24.0 Å². The highest BCUT2D eigenvalue weighted by atomic mass is 16.6. The van der Waals surface area contributed by atoms with Crippen molar-refractivity contribution in [3.8, 4) is 0 Å². The van der Waals surface area contributed by atoms with Crippen LogP contribution in [-0.2, 0) is 23.9 Å². The molecule has 6 heteroatoms. The highest BCUT2D eigenvalue weighted by Crippen LogP contribution is 2.44. The first-order valence-electron chi connectivity index (χ1n) is 8.37. The largest absolute Gasteiger partial charge is 0.458 e. The Morgan fingerprint density at radius 1 is 1.52 bits per heavy atom. The number of aliphatic hydroxyl groups is 1. The predicted octanol–water partition coefficient (Wildman–Crippen LogP) is 1.88. The highest BCUT2D eigenvalue weighted by molar-refractivity contribution is 5.92. The van der Waals surface area contributed by atoms with Gasteiger partial charge in [-0.1, -0.05) is 20.1 Å². The molecule has 1 aliphatic heterocycles. The smallest absolute Gasteiger partial charge is 0.334 e. The highest BCUT2D eigenvalue weighted by Gasteiger charge is 2.50. The number of carbonyl (C=O) groups is 3. The molecule has 0 aromatic heterocycles. The van der Waals surface area contributed by atoms with Gasteiger partial charge in [0.2, 0.25) is 0 Å². The summed E-state index contributed by atoms with van der Waals surface area (Å²) in [6.07, 6.45) is 0.842. The number of carbonyl (C=O) groups excluding carboxylic acids is 3. The van der Waals surface area contributed by atoms with E-state index in [1.165, 1.54) is 6.92 Å². The number of ether oxygens (including phenoxy) is 2. The second-order valence-corrected chi connectivity index (χ2v) is 6.67. The molecule has 6 nitrogen and oxygen atoms in total. The Hall–Kier alpha value is -2.21. The number of rotatable bonds is 7. The lowest BCUT2D eigenvalue weighted by Gasteiger charge is -2.37. The quantitative estimate of drug-likeness (QED) is 0.429. The van der Waals surface area contributed by atoms with Gasteiger partial charge in [-0.05, 0) is 36.8 Å². The predicted molar refractivity (Wildman–Crippen MR) is 90.4 cm³/mol. The van der Waals surface area contributed by atoms with E-state index in [9.17, 15) is 14.4 Å². The summed E-state index contributed by atoms with van der Waals surface area (Å²) >= 11 is 0. The summed E-state index contributed by atoms with van der Waals surface area (Å²) in [4.78, 5) is 35.7. The van der Waals surface area contributed by atoms with Crippen molar-refractivity contribution in [2.75, 3.05) is 6.61 Å². The van der Waals surface area contributed by atoms with Gasteiger partial charge < -0.3 is 14.6 Å². The van der Waals surface area contributed by atoms with Crippen LogP contribution in [0.1, 0.15) is 33.1 Å². The van der Waals surface area contributed by atoms with Crippen molar-refractivity contribution in [2.24, 2.45) is 11.8 Å². The molecular formula is C19H24O6. The molecule has 0 saturated carbocycles. The van der Waals surface area contributed by atoms with Gasteiger partial charge in [0.25, 0.3) is 0 Å². The standard InChI is InChI=1S/C19H24O6/c1-10(2)18(22)25-17-15(11(3)6-5-7-20)13(9-21)8-14-16(17)12(4)19(23)24-14/h9,11,14,16-17,20H,1,4-8H2,2-3H3/t11-,14-,16-,17+/m0/s1. The summed E-state index contributed by atoms with van der Waals surface area (Å²) < 4.78 is 10.9. The number of hydrogen-bond acceptors (Lipinski definition) is 6. The molecule has 0 aromatic rings. The summed E-state index contributed by atoms with van der Waals surface area (Å²) in [7, 11) is 0. The van der Waals surface area contributed by atoms with Crippen LogP contribution in [-0.4, -0.2) is 42.1 Å². The molecule has 1 aliphatic carbocycles. The van der Waals surface area contributed by atoms with Crippen molar-refractivity contribution in [2.45, 2.75) is 45.3 Å². The maximum atomic E-state index is 12.1. The van der Waals surface area contributed by atoms with E-state index >= 15 is 0 Å². The lowest BCUT2D eigenvalue weighted by atomic mass is 9.73. The van der Waals surface area contributed by atoms with Crippen molar-refractivity contribution in [3.05, 3.63) is 35.5 Å². The zero-order valence-corrected chi connectivity index (χ0v) is 14.6. The number of hydrogen-bond donors (Lipinski definition) is 1. The monoisotopic (exact) mass is 348 g/mol. The van der Waals surface area contributed by atoms with E-state index in [1.807, 2.05) is 6.92 Å². The molecule has 2 rings (SSSR count). The first kappa shape index (κ1) is 19.1. The Kier molecular flexibility index (Phi) is 5.95. The van der Waals surface area contributed by atoms with Crippen molar-refractivity contribution in [3.63, 3.8) is 0 Å². The van der Waals surface area contributed by atoms with Gasteiger partial charge in [-0.2, -0.15) is 0 Å². The topological polar surface area (TPSA) is 89.9 Å². The van der Waals surface area contributed by atoms with Gasteiger partial charge in [-0.15, -0.1) is 0 Å². The maximum Gasteiger partial charge on any atom is 0.334 e. The van der Waals surface area contributed by atoms with Gasteiger partial charge in [0, 0.05) is 24.2 Å². The molecular weight excluding hydrogens is 324 g/mol. The van der Waals surface area contributed by atoms with E-state index < -0.39 is 30.1 Å². The summed E-state index contributed by atoms with van der Waals surface area (Å²) in [5.41, 5.74) is 1.64. The Labute approximate surface area is 147 Å². The van der Waals surface area contributed by atoms with Gasteiger partial charge in [0.1, 0.15) is 18.5 Å². The fourth-order valence-electron chi connectivity index (χ4n) is 3.52. The number of aliphatic hydroxyl groups excluding tert-OH is 1. The number of aldehydes is 1. The lowest BCUT2D eigenvalue weighted by molar-refractivity contribution is -0.147. The van der Waals surface area contributed by atoms with Crippen LogP contribution >= 0.6 is 0 Å². The maximum absolute atomic E-state index is 12.1. The Morgan fingerprint density at radius 2 is 2.20 bits per heavy atom. The minimum absolute atomic E-state index is 0.0324. The normalized spacial score (nSPS) is 26.8. The molecule has 1 fully saturated rings. The SMILES string of the molecule is C=C(C)C(=O)O[C@@H]1C([C@@H](C)CCCO)=C(C=O)C[C@@H]2OC(=O)C(=C)[C@@H]21. The van der Waals surface area contributed by atoms with E-state index in [4.69, 9.17) is 14.6 Å². The van der Waals surface area contributed by atoms with Crippen LogP contribution in [0.15, 0.2) is 35.5 Å². The summed E-state index contributed by atoms with van der Waals surface area (Å²) in [6.45, 7) is 10.9. The molecule has 0 bridgehead atoms. The number of fused-ring (bicyclic) bond motifs is 1. The zero-order valence-electron chi connectivity index (χ0n) is 14.6. The molecule has 0 unspecified atom stereocenters. The molecule has 0 radical (unpaired) electrons. The van der Waals surface area contributed by atoms with Gasteiger partial charge in [-0.3, -0.25) is 4.79 Å². The summed E-state index contributed by atoms with van der Waals surface area (Å²) in [5, 5.41) is 9.09. The Balaban J connectivity index is 2.46. The van der Waals surface area contributed by atoms with Crippen LogP contribution in [0.25, 0.3) is 0 Å². The Bertz CT molecular complexity index is 644. The molecule has 4 atom stereocenters. The third kappa shape index (κ3) is 3.74. The van der Waals surface area contributed by atoms with Crippen molar-refractivity contribution in [1.82, 2.24) is 0 Å². The first-order chi connectivity index (χ1) is 11.8. The van der Waals surface area contributed by atoms with E-state index in [-0.39, 0.29) is 30.1 Å². The molecule has 2 aliphatic rings. The van der Waals surface area contributed by atoms with E-state index in [2.05, 4.69) is 13.2 Å². The van der Waals surface area contributed by atoms with Crippen LogP contribution in [0.3, 0.4) is 0 Å². The molecule has 0 amide bonds. The van der Waals surface area contributed by atoms with Crippen molar-refractivity contribution < 1.29 is 29.0 Å². The fraction of sp³-hybridized carbons (Fsp3) is 0.526.